The average molecular weight is 297 g/mol. The third kappa shape index (κ3) is 4.42. The van der Waals surface area contributed by atoms with E-state index in [2.05, 4.69) is 5.32 Å². The maximum absolute atomic E-state index is 12.0. The van der Waals surface area contributed by atoms with Crippen LogP contribution in [0, 0.1) is 5.92 Å². The molecule has 5 nitrogen and oxygen atoms in total. The second kappa shape index (κ2) is 6.61. The molecule has 1 aromatic rings. The van der Waals surface area contributed by atoms with Crippen LogP contribution in [0.2, 0.25) is 5.02 Å². The molecule has 0 bridgehead atoms. The summed E-state index contributed by atoms with van der Waals surface area (Å²) in [5.74, 6) is -0.557. The molecule has 0 unspecified atom stereocenters. The fraction of sp³-hybridized carbons (Fsp3) is 0.429. The van der Waals surface area contributed by atoms with Crippen LogP contribution < -0.4 is 5.32 Å². The molecule has 0 heterocycles. The summed E-state index contributed by atoms with van der Waals surface area (Å²) in [6.45, 7) is 0.519. The molecular weight excluding hydrogens is 280 g/mol. The van der Waals surface area contributed by atoms with Gasteiger partial charge in [0.05, 0.1) is 0 Å². The number of halogens is 1. The normalized spacial score (nSPS) is 13.8. The van der Waals surface area contributed by atoms with Crippen LogP contribution in [0.15, 0.2) is 24.3 Å². The van der Waals surface area contributed by atoms with Crippen molar-refractivity contribution in [2.75, 3.05) is 13.1 Å². The molecule has 2 rings (SSSR count). The number of aliphatic carboxylic acids is 1. The van der Waals surface area contributed by atoms with E-state index in [0.29, 0.717) is 24.0 Å². The lowest BCUT2D eigenvalue weighted by atomic mass is 10.2. The number of carbonyl (C=O) groups excluding carboxylic acids is 1. The number of amides is 2. The minimum absolute atomic E-state index is 0.273. The first-order chi connectivity index (χ1) is 9.56. The second-order valence-corrected chi connectivity index (χ2v) is 5.37. The molecule has 0 saturated heterocycles. The third-order valence-corrected chi connectivity index (χ3v) is 3.55. The highest BCUT2D eigenvalue weighted by Gasteiger charge is 2.27. The largest absolute Gasteiger partial charge is 0.480 e. The van der Waals surface area contributed by atoms with Gasteiger partial charge in [0.1, 0.15) is 6.54 Å². The maximum atomic E-state index is 12.0. The molecule has 20 heavy (non-hydrogen) atoms. The van der Waals surface area contributed by atoms with Crippen LogP contribution in [0.5, 0.6) is 0 Å². The predicted molar refractivity (Wildman–Crippen MR) is 75.6 cm³/mol. The standard InChI is InChI=1S/C14H17ClN2O3/c15-12-4-2-1-3-11(12)7-16-14(20)17(9-13(18)19)8-10-5-6-10/h1-4,10H,5-9H2,(H,16,20)(H,18,19). The Bertz CT molecular complexity index is 503. The van der Waals surface area contributed by atoms with Gasteiger partial charge in [-0.1, -0.05) is 29.8 Å². The van der Waals surface area contributed by atoms with Crippen molar-refractivity contribution in [2.24, 2.45) is 5.92 Å². The molecule has 1 aliphatic rings. The Morgan fingerprint density at radius 3 is 2.65 bits per heavy atom. The summed E-state index contributed by atoms with van der Waals surface area (Å²) in [6.07, 6.45) is 2.13. The van der Waals surface area contributed by atoms with E-state index < -0.39 is 5.97 Å². The molecule has 1 saturated carbocycles. The van der Waals surface area contributed by atoms with Gasteiger partial charge in [-0.2, -0.15) is 0 Å². The van der Waals surface area contributed by atoms with Crippen molar-refractivity contribution in [3.05, 3.63) is 34.9 Å². The molecule has 6 heteroatoms. The monoisotopic (exact) mass is 296 g/mol. The number of benzene rings is 1. The number of nitrogens with one attached hydrogen (secondary N) is 1. The first-order valence-electron chi connectivity index (χ1n) is 6.54. The molecule has 0 radical (unpaired) electrons. The maximum Gasteiger partial charge on any atom is 0.323 e. The topological polar surface area (TPSA) is 69.6 Å². The first-order valence-corrected chi connectivity index (χ1v) is 6.92. The smallest absolute Gasteiger partial charge is 0.323 e. The second-order valence-electron chi connectivity index (χ2n) is 4.97. The van der Waals surface area contributed by atoms with Gasteiger partial charge < -0.3 is 15.3 Å². The molecular formula is C14H17ClN2O3. The highest BCUT2D eigenvalue weighted by molar-refractivity contribution is 6.31. The first kappa shape index (κ1) is 14.7. The quantitative estimate of drug-likeness (QED) is 0.846. The van der Waals surface area contributed by atoms with Crippen LogP contribution in [0.3, 0.4) is 0 Å². The van der Waals surface area contributed by atoms with Crippen LogP contribution in [-0.2, 0) is 11.3 Å². The van der Waals surface area contributed by atoms with Gasteiger partial charge in [0, 0.05) is 18.1 Å². The molecule has 0 aromatic heterocycles. The molecule has 108 valence electrons. The molecule has 1 aromatic carbocycles. The number of nitrogens with zero attached hydrogens (tertiary/aromatic N) is 1. The lowest BCUT2D eigenvalue weighted by molar-refractivity contribution is -0.137. The van der Waals surface area contributed by atoms with Crippen molar-refractivity contribution in [1.29, 1.82) is 0 Å². The summed E-state index contributed by atoms with van der Waals surface area (Å²) in [5.41, 5.74) is 0.809. The molecule has 0 aliphatic heterocycles. The molecule has 1 fully saturated rings. The zero-order valence-electron chi connectivity index (χ0n) is 11.0. The number of hydrogen-bond donors (Lipinski definition) is 2. The van der Waals surface area contributed by atoms with Crippen LogP contribution in [-0.4, -0.2) is 35.1 Å². The van der Waals surface area contributed by atoms with E-state index in [-0.39, 0.29) is 12.6 Å². The molecule has 2 amide bonds. The third-order valence-electron chi connectivity index (χ3n) is 3.18. The predicted octanol–water partition coefficient (Wildman–Crippen LogP) is 2.35. The number of urea groups is 1. The fourth-order valence-electron chi connectivity index (χ4n) is 1.92. The Morgan fingerprint density at radius 2 is 2.05 bits per heavy atom. The van der Waals surface area contributed by atoms with Gasteiger partial charge in [0.25, 0.3) is 0 Å². The van der Waals surface area contributed by atoms with Gasteiger partial charge >= 0.3 is 12.0 Å². The van der Waals surface area contributed by atoms with Crippen molar-refractivity contribution >= 4 is 23.6 Å². The lowest BCUT2D eigenvalue weighted by Gasteiger charge is -2.21. The van der Waals surface area contributed by atoms with Crippen LogP contribution in [0.25, 0.3) is 0 Å². The summed E-state index contributed by atoms with van der Waals surface area (Å²) in [4.78, 5) is 24.2. The Morgan fingerprint density at radius 1 is 1.35 bits per heavy atom. The fourth-order valence-corrected chi connectivity index (χ4v) is 2.12. The van der Waals surface area contributed by atoms with Gasteiger partial charge in [-0.15, -0.1) is 0 Å². The minimum Gasteiger partial charge on any atom is -0.480 e. The van der Waals surface area contributed by atoms with Crippen molar-refractivity contribution in [2.45, 2.75) is 19.4 Å². The minimum atomic E-state index is -1.00. The molecule has 0 atom stereocenters. The van der Waals surface area contributed by atoms with Crippen molar-refractivity contribution in [1.82, 2.24) is 10.2 Å². The van der Waals surface area contributed by atoms with Gasteiger partial charge in [-0.05, 0) is 30.4 Å². The number of carboxylic acid groups (broad SMARTS) is 1. The van der Waals surface area contributed by atoms with Crippen LogP contribution >= 0.6 is 11.6 Å². The Kier molecular flexibility index (Phi) is 4.84. The van der Waals surface area contributed by atoms with E-state index in [1.807, 2.05) is 18.2 Å². The zero-order valence-corrected chi connectivity index (χ0v) is 11.8. The van der Waals surface area contributed by atoms with E-state index in [0.717, 1.165) is 18.4 Å². The van der Waals surface area contributed by atoms with Gasteiger partial charge in [0.15, 0.2) is 0 Å². The van der Waals surface area contributed by atoms with E-state index in [4.69, 9.17) is 16.7 Å². The Balaban J connectivity index is 1.90. The summed E-state index contributed by atoms with van der Waals surface area (Å²) < 4.78 is 0. The van der Waals surface area contributed by atoms with Gasteiger partial charge in [0.2, 0.25) is 0 Å². The Hall–Kier alpha value is -1.75. The summed E-state index contributed by atoms with van der Waals surface area (Å²) in [6, 6.07) is 6.87. The number of rotatable bonds is 6. The van der Waals surface area contributed by atoms with Crippen LogP contribution in [0.4, 0.5) is 4.79 Å². The molecule has 2 N–H and O–H groups in total. The highest BCUT2D eigenvalue weighted by Crippen LogP contribution is 2.29. The van der Waals surface area contributed by atoms with E-state index in [1.165, 1.54) is 4.90 Å². The lowest BCUT2D eigenvalue weighted by Crippen LogP contribution is -2.43. The van der Waals surface area contributed by atoms with E-state index in [9.17, 15) is 9.59 Å². The number of carboxylic acids is 1. The molecule has 1 aliphatic carbocycles. The van der Waals surface area contributed by atoms with Crippen molar-refractivity contribution in [3.8, 4) is 0 Å². The van der Waals surface area contributed by atoms with E-state index >= 15 is 0 Å². The van der Waals surface area contributed by atoms with Gasteiger partial charge in [-0.3, -0.25) is 4.79 Å². The SMILES string of the molecule is O=C(O)CN(CC1CC1)C(=O)NCc1ccccc1Cl. The van der Waals surface area contributed by atoms with Crippen LogP contribution in [0.1, 0.15) is 18.4 Å². The van der Waals surface area contributed by atoms with Crippen molar-refractivity contribution in [3.63, 3.8) is 0 Å². The summed E-state index contributed by atoms with van der Waals surface area (Å²) in [5, 5.41) is 12.2. The number of carbonyl (C=O) groups is 2. The van der Waals surface area contributed by atoms with Crippen molar-refractivity contribution < 1.29 is 14.7 Å². The molecule has 0 spiro atoms. The summed E-state index contributed by atoms with van der Waals surface area (Å²) in [7, 11) is 0. The van der Waals surface area contributed by atoms with E-state index in [1.54, 1.807) is 6.07 Å². The average Bonchev–Trinajstić information content (AvgIpc) is 3.20. The van der Waals surface area contributed by atoms with Gasteiger partial charge in [-0.25, -0.2) is 4.79 Å². The highest BCUT2D eigenvalue weighted by atomic mass is 35.5. The summed E-state index contributed by atoms with van der Waals surface area (Å²) >= 11 is 6.01. The number of hydrogen-bond acceptors (Lipinski definition) is 2. The Labute approximate surface area is 122 Å². The zero-order chi connectivity index (χ0) is 14.5.